The van der Waals surface area contributed by atoms with Crippen LogP contribution in [0, 0.1) is 6.92 Å². The minimum atomic E-state index is -0.106. The van der Waals surface area contributed by atoms with E-state index in [0.717, 1.165) is 32.5 Å². The van der Waals surface area contributed by atoms with E-state index in [1.54, 1.807) is 20.1 Å². The Labute approximate surface area is 125 Å². The summed E-state index contributed by atoms with van der Waals surface area (Å²) in [7, 11) is 3.75. The van der Waals surface area contributed by atoms with Gasteiger partial charge in [0.05, 0.1) is 6.61 Å². The molecule has 1 aliphatic heterocycles. The van der Waals surface area contributed by atoms with Crippen molar-refractivity contribution in [1.82, 2.24) is 15.0 Å². The zero-order valence-corrected chi connectivity index (χ0v) is 13.0. The van der Waals surface area contributed by atoms with Gasteiger partial charge >= 0.3 is 6.03 Å². The molecule has 1 N–H and O–H groups in total. The first-order valence-corrected chi connectivity index (χ1v) is 7.28. The van der Waals surface area contributed by atoms with Crippen LogP contribution in [0.3, 0.4) is 0 Å². The number of rotatable bonds is 6. The number of methoxy groups -OCH3 is 1. The van der Waals surface area contributed by atoms with Crippen LogP contribution in [-0.2, 0) is 4.74 Å². The third-order valence-corrected chi connectivity index (χ3v) is 3.70. The second-order valence-corrected chi connectivity index (χ2v) is 5.50. The summed E-state index contributed by atoms with van der Waals surface area (Å²) in [5.74, 6) is 1.15. The Hall–Kier alpha value is -1.60. The monoisotopic (exact) mass is 296 g/mol. The molecule has 118 valence electrons. The average molecular weight is 296 g/mol. The SMILES string of the molecule is COCCN(C)C[C@H]1CCCN1C(=O)Nc1cc(C)on1. The number of hydrogen-bond donors (Lipinski definition) is 1. The van der Waals surface area contributed by atoms with E-state index in [1.165, 1.54) is 0 Å². The largest absolute Gasteiger partial charge is 0.383 e. The van der Waals surface area contributed by atoms with Gasteiger partial charge in [-0.3, -0.25) is 5.32 Å². The first kappa shape index (κ1) is 15.8. The van der Waals surface area contributed by atoms with Gasteiger partial charge in [-0.25, -0.2) is 4.79 Å². The van der Waals surface area contributed by atoms with Crippen LogP contribution < -0.4 is 5.32 Å². The Kier molecular flexibility index (Phi) is 5.58. The number of nitrogens with one attached hydrogen (secondary N) is 1. The van der Waals surface area contributed by atoms with Crippen LogP contribution in [0.5, 0.6) is 0 Å². The van der Waals surface area contributed by atoms with Crippen molar-refractivity contribution in [2.45, 2.75) is 25.8 Å². The van der Waals surface area contributed by atoms with E-state index in [4.69, 9.17) is 9.26 Å². The normalized spacial score (nSPS) is 18.5. The third-order valence-electron chi connectivity index (χ3n) is 3.70. The topological polar surface area (TPSA) is 70.8 Å². The Bertz CT molecular complexity index is 463. The molecular weight excluding hydrogens is 272 g/mol. The Morgan fingerprint density at radius 2 is 2.48 bits per heavy atom. The number of urea groups is 1. The van der Waals surface area contributed by atoms with Gasteiger partial charge in [0, 0.05) is 38.9 Å². The van der Waals surface area contributed by atoms with Gasteiger partial charge in [-0.05, 0) is 26.8 Å². The molecule has 0 aromatic carbocycles. The van der Waals surface area contributed by atoms with Crippen molar-refractivity contribution >= 4 is 11.8 Å². The molecule has 2 heterocycles. The predicted molar refractivity (Wildman–Crippen MR) is 79.4 cm³/mol. The van der Waals surface area contributed by atoms with E-state index >= 15 is 0 Å². The molecule has 1 atom stereocenters. The van der Waals surface area contributed by atoms with Crippen molar-refractivity contribution in [3.63, 3.8) is 0 Å². The first-order chi connectivity index (χ1) is 10.1. The number of carbonyl (C=O) groups excluding carboxylic acids is 1. The number of nitrogens with zero attached hydrogens (tertiary/aromatic N) is 3. The maximum Gasteiger partial charge on any atom is 0.323 e. The van der Waals surface area contributed by atoms with Crippen molar-refractivity contribution in [1.29, 1.82) is 0 Å². The molecule has 1 aromatic rings. The lowest BCUT2D eigenvalue weighted by Gasteiger charge is -2.28. The van der Waals surface area contributed by atoms with E-state index in [0.29, 0.717) is 18.2 Å². The smallest absolute Gasteiger partial charge is 0.323 e. The molecule has 7 nitrogen and oxygen atoms in total. The lowest BCUT2D eigenvalue weighted by Crippen LogP contribution is -2.44. The highest BCUT2D eigenvalue weighted by Gasteiger charge is 2.29. The third kappa shape index (κ3) is 4.44. The van der Waals surface area contributed by atoms with Crippen molar-refractivity contribution < 1.29 is 14.1 Å². The van der Waals surface area contributed by atoms with Gasteiger partial charge in [0.1, 0.15) is 5.76 Å². The van der Waals surface area contributed by atoms with E-state index in [1.807, 2.05) is 4.90 Å². The van der Waals surface area contributed by atoms with Crippen LogP contribution >= 0.6 is 0 Å². The molecule has 0 unspecified atom stereocenters. The van der Waals surface area contributed by atoms with Gasteiger partial charge in [-0.15, -0.1) is 0 Å². The Morgan fingerprint density at radius 3 is 3.14 bits per heavy atom. The van der Waals surface area contributed by atoms with Crippen LogP contribution in [-0.4, -0.2) is 67.4 Å². The van der Waals surface area contributed by atoms with Gasteiger partial charge in [0.15, 0.2) is 5.82 Å². The molecule has 1 fully saturated rings. The van der Waals surface area contributed by atoms with Crippen LogP contribution in [0.25, 0.3) is 0 Å². The molecule has 2 rings (SSSR count). The fraction of sp³-hybridized carbons (Fsp3) is 0.714. The highest BCUT2D eigenvalue weighted by atomic mass is 16.5. The quantitative estimate of drug-likeness (QED) is 0.862. The summed E-state index contributed by atoms with van der Waals surface area (Å²) < 4.78 is 10.0. The maximum absolute atomic E-state index is 12.3. The number of ether oxygens (including phenoxy) is 1. The van der Waals surface area contributed by atoms with Crippen LogP contribution in [0.15, 0.2) is 10.6 Å². The number of likely N-dealkylation sites (N-methyl/N-ethyl adjacent to an activating group) is 1. The second-order valence-electron chi connectivity index (χ2n) is 5.50. The van der Waals surface area contributed by atoms with Crippen molar-refractivity contribution in [2.75, 3.05) is 45.7 Å². The molecule has 2 amide bonds. The molecule has 0 radical (unpaired) electrons. The highest BCUT2D eigenvalue weighted by Crippen LogP contribution is 2.19. The second kappa shape index (κ2) is 7.42. The number of hydrogen-bond acceptors (Lipinski definition) is 5. The van der Waals surface area contributed by atoms with E-state index in [2.05, 4.69) is 22.4 Å². The maximum atomic E-state index is 12.3. The number of anilines is 1. The zero-order valence-electron chi connectivity index (χ0n) is 13.0. The van der Waals surface area contributed by atoms with Gasteiger partial charge in [-0.2, -0.15) is 0 Å². The molecular formula is C14H24N4O3. The minimum absolute atomic E-state index is 0.106. The van der Waals surface area contributed by atoms with Crippen molar-refractivity contribution in [2.24, 2.45) is 0 Å². The molecule has 0 spiro atoms. The lowest BCUT2D eigenvalue weighted by molar-refractivity contribution is 0.143. The molecule has 1 saturated heterocycles. The Balaban J connectivity index is 1.87. The summed E-state index contributed by atoms with van der Waals surface area (Å²) in [4.78, 5) is 16.4. The van der Waals surface area contributed by atoms with Crippen LogP contribution in [0.4, 0.5) is 10.6 Å². The van der Waals surface area contributed by atoms with Crippen molar-refractivity contribution in [3.05, 3.63) is 11.8 Å². The fourth-order valence-corrected chi connectivity index (χ4v) is 2.60. The number of likely N-dealkylation sites (tertiary alicyclic amines) is 1. The summed E-state index contributed by atoms with van der Waals surface area (Å²) >= 11 is 0. The average Bonchev–Trinajstić information content (AvgIpc) is 3.05. The van der Waals surface area contributed by atoms with Crippen LogP contribution in [0.2, 0.25) is 0 Å². The fourth-order valence-electron chi connectivity index (χ4n) is 2.60. The molecule has 7 heteroatoms. The molecule has 0 bridgehead atoms. The minimum Gasteiger partial charge on any atom is -0.383 e. The molecule has 0 aliphatic carbocycles. The summed E-state index contributed by atoms with van der Waals surface area (Å²) in [6.45, 7) is 5.00. The molecule has 1 aliphatic rings. The van der Waals surface area contributed by atoms with E-state index in [-0.39, 0.29) is 12.1 Å². The zero-order chi connectivity index (χ0) is 15.2. The lowest BCUT2D eigenvalue weighted by atomic mass is 10.2. The molecule has 0 saturated carbocycles. The predicted octanol–water partition coefficient (Wildman–Crippen LogP) is 1.56. The summed E-state index contributed by atoms with van der Waals surface area (Å²) in [5.41, 5.74) is 0. The van der Waals surface area contributed by atoms with Gasteiger partial charge in [-0.1, -0.05) is 5.16 Å². The standard InChI is InChI=1S/C14H24N4O3/c1-11-9-13(16-21-11)15-14(19)18-6-4-5-12(18)10-17(2)7-8-20-3/h9,12H,4-8,10H2,1-3H3,(H,15,16,19)/t12-/m1/s1. The number of aromatic nitrogens is 1. The Morgan fingerprint density at radius 1 is 1.67 bits per heavy atom. The van der Waals surface area contributed by atoms with E-state index in [9.17, 15) is 4.79 Å². The van der Waals surface area contributed by atoms with Crippen LogP contribution in [0.1, 0.15) is 18.6 Å². The van der Waals surface area contributed by atoms with Gasteiger partial charge < -0.3 is 19.1 Å². The number of aryl methyl sites for hydroxylation is 1. The molecule has 1 aromatic heterocycles. The summed E-state index contributed by atoms with van der Waals surface area (Å²) in [5, 5.41) is 6.58. The number of amides is 2. The summed E-state index contributed by atoms with van der Waals surface area (Å²) in [6.07, 6.45) is 2.07. The molecule has 21 heavy (non-hydrogen) atoms. The first-order valence-electron chi connectivity index (χ1n) is 7.28. The summed E-state index contributed by atoms with van der Waals surface area (Å²) in [6, 6.07) is 1.85. The van der Waals surface area contributed by atoms with Gasteiger partial charge in [0.2, 0.25) is 0 Å². The number of carbonyl (C=O) groups is 1. The van der Waals surface area contributed by atoms with Crippen molar-refractivity contribution in [3.8, 4) is 0 Å². The van der Waals surface area contributed by atoms with E-state index < -0.39 is 0 Å². The van der Waals surface area contributed by atoms with Gasteiger partial charge in [0.25, 0.3) is 0 Å². The highest BCUT2D eigenvalue weighted by molar-refractivity contribution is 5.88.